The average Bonchev–Trinajstić information content (AvgIpc) is 2.92. The van der Waals surface area contributed by atoms with E-state index in [1.165, 1.54) is 17.4 Å². The molecule has 8 heteroatoms. The molecule has 0 fully saturated rings. The van der Waals surface area contributed by atoms with Crippen molar-refractivity contribution in [1.82, 2.24) is 0 Å². The molecule has 0 saturated carbocycles. The Kier molecular flexibility index (Phi) is 7.68. The lowest BCUT2D eigenvalue weighted by molar-refractivity contribution is -0.124. The standard InChI is InChI=1S/C23H28N2O5S/c1-3-17(30-22(27)14-9-8-10-15(24)13-14)20(26)25-21-19(23(28)29-4-2)16-11-6-5-7-12-18(16)31-21/h8-10,13,17H,3-7,11-12,24H2,1-2H3,(H,25,26). The molecular formula is C23H28N2O5S. The molecule has 2 aromatic rings. The maximum atomic E-state index is 12.9. The van der Waals surface area contributed by atoms with Crippen molar-refractivity contribution in [2.24, 2.45) is 0 Å². The van der Waals surface area contributed by atoms with Crippen LogP contribution in [0.25, 0.3) is 0 Å². The molecule has 0 spiro atoms. The van der Waals surface area contributed by atoms with Gasteiger partial charge in [0.2, 0.25) is 0 Å². The van der Waals surface area contributed by atoms with Crippen LogP contribution in [0.1, 0.15) is 70.7 Å². The normalized spacial score (nSPS) is 14.1. The van der Waals surface area contributed by atoms with Crippen molar-refractivity contribution in [2.75, 3.05) is 17.7 Å². The topological polar surface area (TPSA) is 108 Å². The molecule has 31 heavy (non-hydrogen) atoms. The smallest absolute Gasteiger partial charge is 0.341 e. The molecule has 1 atom stereocenters. The molecule has 1 aliphatic carbocycles. The summed E-state index contributed by atoms with van der Waals surface area (Å²) >= 11 is 1.41. The Bertz CT molecular complexity index is 969. The predicted molar refractivity (Wildman–Crippen MR) is 121 cm³/mol. The highest BCUT2D eigenvalue weighted by Gasteiger charge is 2.29. The Labute approximate surface area is 185 Å². The molecule has 0 aliphatic heterocycles. The zero-order valence-electron chi connectivity index (χ0n) is 17.9. The second-order valence-electron chi connectivity index (χ2n) is 7.41. The number of ether oxygens (including phenoxy) is 2. The van der Waals surface area contributed by atoms with Crippen molar-refractivity contribution in [1.29, 1.82) is 0 Å². The maximum absolute atomic E-state index is 12.9. The van der Waals surface area contributed by atoms with E-state index < -0.39 is 23.9 Å². The molecule has 0 radical (unpaired) electrons. The zero-order valence-corrected chi connectivity index (χ0v) is 18.7. The summed E-state index contributed by atoms with van der Waals surface area (Å²) in [6.07, 6.45) is 4.13. The van der Waals surface area contributed by atoms with Crippen LogP contribution in [0.5, 0.6) is 0 Å². The first-order valence-corrected chi connectivity index (χ1v) is 11.4. The predicted octanol–water partition coefficient (Wildman–Crippen LogP) is 4.35. The lowest BCUT2D eigenvalue weighted by atomic mass is 10.1. The fourth-order valence-electron chi connectivity index (χ4n) is 3.63. The summed E-state index contributed by atoms with van der Waals surface area (Å²) in [7, 11) is 0. The molecule has 1 amide bonds. The quantitative estimate of drug-likeness (QED) is 0.373. The number of hydrogen-bond donors (Lipinski definition) is 2. The Balaban J connectivity index is 1.80. The van der Waals surface area contributed by atoms with Crippen LogP contribution in [-0.4, -0.2) is 30.6 Å². The third kappa shape index (κ3) is 5.44. The number of carbonyl (C=O) groups is 3. The second kappa shape index (κ2) is 10.4. The number of amides is 1. The van der Waals surface area contributed by atoms with Crippen molar-refractivity contribution in [2.45, 2.75) is 58.5 Å². The fourth-order valence-corrected chi connectivity index (χ4v) is 4.91. The summed E-state index contributed by atoms with van der Waals surface area (Å²) in [5.74, 6) is -1.52. The van der Waals surface area contributed by atoms with Crippen LogP contribution >= 0.6 is 11.3 Å². The number of fused-ring (bicyclic) bond motifs is 1. The third-order valence-electron chi connectivity index (χ3n) is 5.17. The Morgan fingerprint density at radius 3 is 2.61 bits per heavy atom. The molecule has 0 saturated heterocycles. The van der Waals surface area contributed by atoms with E-state index in [9.17, 15) is 14.4 Å². The SMILES string of the molecule is CCOC(=O)c1c(NC(=O)C(CC)OC(=O)c2cccc(N)c2)sc2c1CCCCC2. The van der Waals surface area contributed by atoms with Gasteiger partial charge in [0.1, 0.15) is 5.00 Å². The minimum absolute atomic E-state index is 0.256. The highest BCUT2D eigenvalue weighted by atomic mass is 32.1. The van der Waals surface area contributed by atoms with E-state index in [1.54, 1.807) is 32.0 Å². The zero-order chi connectivity index (χ0) is 22.4. The van der Waals surface area contributed by atoms with Crippen LogP contribution in [-0.2, 0) is 27.1 Å². The average molecular weight is 445 g/mol. The van der Waals surface area contributed by atoms with Gasteiger partial charge in [0, 0.05) is 10.6 Å². The lowest BCUT2D eigenvalue weighted by Gasteiger charge is -2.16. The summed E-state index contributed by atoms with van der Waals surface area (Å²) in [5.41, 5.74) is 7.85. The van der Waals surface area contributed by atoms with Crippen LogP contribution in [0.4, 0.5) is 10.7 Å². The number of nitrogen functional groups attached to an aromatic ring is 1. The van der Waals surface area contributed by atoms with E-state index in [0.29, 0.717) is 22.7 Å². The van der Waals surface area contributed by atoms with Crippen LogP contribution < -0.4 is 11.1 Å². The van der Waals surface area contributed by atoms with Crippen molar-refractivity contribution in [3.05, 3.63) is 45.8 Å². The second-order valence-corrected chi connectivity index (χ2v) is 8.51. The number of carbonyl (C=O) groups excluding carboxylic acids is 3. The first kappa shape index (κ1) is 22.8. The molecule has 3 N–H and O–H groups in total. The fraction of sp³-hybridized carbons (Fsp3) is 0.435. The van der Waals surface area contributed by atoms with Crippen molar-refractivity contribution in [3.63, 3.8) is 0 Å². The van der Waals surface area contributed by atoms with Crippen molar-refractivity contribution < 1.29 is 23.9 Å². The molecule has 1 aliphatic rings. The van der Waals surface area contributed by atoms with Gasteiger partial charge in [0.05, 0.1) is 17.7 Å². The molecule has 1 aromatic carbocycles. The summed E-state index contributed by atoms with van der Waals surface area (Å²) in [4.78, 5) is 39.2. The van der Waals surface area contributed by atoms with Crippen LogP contribution in [0.2, 0.25) is 0 Å². The van der Waals surface area contributed by atoms with Gasteiger partial charge in [0.25, 0.3) is 5.91 Å². The van der Waals surface area contributed by atoms with Crippen LogP contribution in [0.3, 0.4) is 0 Å². The number of anilines is 2. The first-order valence-electron chi connectivity index (χ1n) is 10.6. The summed E-state index contributed by atoms with van der Waals surface area (Å²) in [5, 5.41) is 3.29. The molecule has 7 nitrogen and oxygen atoms in total. The molecule has 1 aromatic heterocycles. The number of aryl methyl sites for hydroxylation is 1. The van der Waals surface area contributed by atoms with E-state index >= 15 is 0 Å². The Morgan fingerprint density at radius 2 is 1.90 bits per heavy atom. The minimum atomic E-state index is -0.995. The molecule has 1 heterocycles. The van der Waals surface area contributed by atoms with Gasteiger partial charge in [0.15, 0.2) is 6.10 Å². The number of nitrogens with one attached hydrogen (secondary N) is 1. The summed E-state index contributed by atoms with van der Waals surface area (Å²) in [6, 6.07) is 6.40. The minimum Gasteiger partial charge on any atom is -0.462 e. The van der Waals surface area contributed by atoms with E-state index in [-0.39, 0.29) is 12.2 Å². The van der Waals surface area contributed by atoms with E-state index in [2.05, 4.69) is 5.32 Å². The number of rotatable bonds is 7. The van der Waals surface area contributed by atoms with Crippen molar-refractivity contribution in [3.8, 4) is 0 Å². The highest BCUT2D eigenvalue weighted by Crippen LogP contribution is 2.38. The number of hydrogen-bond acceptors (Lipinski definition) is 7. The number of nitrogens with two attached hydrogens (primary N) is 1. The van der Waals surface area contributed by atoms with E-state index in [4.69, 9.17) is 15.2 Å². The molecule has 0 bridgehead atoms. The molecule has 3 rings (SSSR count). The van der Waals surface area contributed by atoms with Gasteiger partial charge in [-0.2, -0.15) is 0 Å². The molecule has 1 unspecified atom stereocenters. The number of benzene rings is 1. The van der Waals surface area contributed by atoms with Gasteiger partial charge in [-0.05, 0) is 62.8 Å². The van der Waals surface area contributed by atoms with Gasteiger partial charge >= 0.3 is 11.9 Å². The van der Waals surface area contributed by atoms with Gasteiger partial charge in [-0.1, -0.05) is 19.4 Å². The number of thiophene rings is 1. The summed E-state index contributed by atoms with van der Waals surface area (Å²) < 4.78 is 10.7. The van der Waals surface area contributed by atoms with E-state index in [0.717, 1.165) is 42.5 Å². The first-order chi connectivity index (χ1) is 14.9. The largest absolute Gasteiger partial charge is 0.462 e. The Hall–Kier alpha value is -2.87. The Morgan fingerprint density at radius 1 is 1.13 bits per heavy atom. The van der Waals surface area contributed by atoms with Gasteiger partial charge < -0.3 is 20.5 Å². The number of esters is 2. The lowest BCUT2D eigenvalue weighted by Crippen LogP contribution is -2.32. The van der Waals surface area contributed by atoms with Crippen LogP contribution in [0, 0.1) is 0 Å². The maximum Gasteiger partial charge on any atom is 0.341 e. The highest BCUT2D eigenvalue weighted by molar-refractivity contribution is 7.17. The van der Waals surface area contributed by atoms with Crippen LogP contribution in [0.15, 0.2) is 24.3 Å². The van der Waals surface area contributed by atoms with Gasteiger partial charge in [-0.25, -0.2) is 9.59 Å². The third-order valence-corrected chi connectivity index (χ3v) is 6.38. The van der Waals surface area contributed by atoms with E-state index in [1.807, 2.05) is 0 Å². The molecular weight excluding hydrogens is 416 g/mol. The van der Waals surface area contributed by atoms with Crippen molar-refractivity contribution >= 4 is 39.9 Å². The summed E-state index contributed by atoms with van der Waals surface area (Å²) in [6.45, 7) is 3.77. The van der Waals surface area contributed by atoms with Gasteiger partial charge in [-0.15, -0.1) is 11.3 Å². The monoisotopic (exact) mass is 444 g/mol. The van der Waals surface area contributed by atoms with Gasteiger partial charge in [-0.3, -0.25) is 4.79 Å². The molecule has 166 valence electrons.